The lowest BCUT2D eigenvalue weighted by Crippen LogP contribution is -2.24. The third-order valence-electron chi connectivity index (χ3n) is 3.72. The van der Waals surface area contributed by atoms with Gasteiger partial charge in [-0.25, -0.2) is 0 Å². The van der Waals surface area contributed by atoms with Crippen molar-refractivity contribution in [2.24, 2.45) is 5.92 Å². The molecule has 1 aliphatic rings. The molecule has 0 aliphatic carbocycles. The van der Waals surface area contributed by atoms with E-state index in [1.165, 1.54) is 31.5 Å². The highest BCUT2D eigenvalue weighted by Gasteiger charge is 2.24. The number of hydrogen-bond donors (Lipinski definition) is 0. The van der Waals surface area contributed by atoms with Crippen molar-refractivity contribution in [2.75, 3.05) is 13.1 Å². The smallest absolute Gasteiger partial charge is 0.0319 e. The van der Waals surface area contributed by atoms with Crippen LogP contribution >= 0.6 is 0 Å². The maximum Gasteiger partial charge on any atom is 0.0319 e. The van der Waals surface area contributed by atoms with Crippen LogP contribution in [0.3, 0.4) is 0 Å². The van der Waals surface area contributed by atoms with Gasteiger partial charge in [0.05, 0.1) is 0 Å². The van der Waals surface area contributed by atoms with E-state index < -0.39 is 0 Å². The van der Waals surface area contributed by atoms with E-state index in [0.29, 0.717) is 6.04 Å². The van der Waals surface area contributed by atoms with Crippen molar-refractivity contribution in [3.05, 3.63) is 42.3 Å². The predicted octanol–water partition coefficient (Wildman–Crippen LogP) is 3.68. The Bertz CT molecular complexity index is 306. The summed E-state index contributed by atoms with van der Waals surface area (Å²) >= 11 is 0. The van der Waals surface area contributed by atoms with Crippen molar-refractivity contribution in [1.29, 1.82) is 0 Å². The van der Waals surface area contributed by atoms with Crippen molar-refractivity contribution >= 4 is 0 Å². The van der Waals surface area contributed by atoms with Crippen LogP contribution < -0.4 is 0 Å². The first-order chi connectivity index (χ1) is 7.81. The van der Waals surface area contributed by atoms with Crippen molar-refractivity contribution in [2.45, 2.75) is 32.7 Å². The fourth-order valence-electron chi connectivity index (χ4n) is 2.68. The molecule has 0 saturated carbocycles. The van der Waals surface area contributed by atoms with E-state index in [0.717, 1.165) is 5.92 Å². The summed E-state index contributed by atoms with van der Waals surface area (Å²) < 4.78 is 0. The van der Waals surface area contributed by atoms with Gasteiger partial charge in [-0.05, 0) is 32.0 Å². The van der Waals surface area contributed by atoms with Crippen LogP contribution in [-0.4, -0.2) is 18.0 Å². The third-order valence-corrected chi connectivity index (χ3v) is 3.72. The molecule has 0 aromatic heterocycles. The fourth-order valence-corrected chi connectivity index (χ4v) is 2.68. The summed E-state index contributed by atoms with van der Waals surface area (Å²) in [6, 6.07) is 11.4. The SMILES string of the molecule is C[CH-]C[C@H]1CCN([C@@H](C)c2ccccc2)C1. The molecule has 0 unspecified atom stereocenters. The minimum absolute atomic E-state index is 0.572. The van der Waals surface area contributed by atoms with E-state index in [2.05, 4.69) is 55.5 Å². The van der Waals surface area contributed by atoms with Gasteiger partial charge < -0.3 is 6.42 Å². The average molecular weight is 216 g/mol. The lowest BCUT2D eigenvalue weighted by atomic mass is 10.0. The standard InChI is InChI=1S/C15H22N/c1-3-7-14-10-11-16(12-14)13(2)15-8-5-4-6-9-15/h3-6,8-9,13-14H,7,10-12H2,1-2H3/q-1/t13-,14-/m0/s1. The summed E-state index contributed by atoms with van der Waals surface area (Å²) in [6.07, 6.45) is 4.95. The molecule has 2 atom stereocenters. The Morgan fingerprint density at radius 1 is 1.38 bits per heavy atom. The Labute approximate surface area is 99.5 Å². The number of likely N-dealkylation sites (tertiary alicyclic amines) is 1. The molecule has 1 fully saturated rings. The van der Waals surface area contributed by atoms with Gasteiger partial charge in [0.2, 0.25) is 0 Å². The van der Waals surface area contributed by atoms with E-state index in [1.54, 1.807) is 0 Å². The van der Waals surface area contributed by atoms with Gasteiger partial charge in [0, 0.05) is 6.04 Å². The normalized spacial score (nSPS) is 23.5. The molecule has 0 N–H and O–H groups in total. The Morgan fingerprint density at radius 3 is 2.81 bits per heavy atom. The lowest BCUT2D eigenvalue weighted by Gasteiger charge is -2.25. The molecule has 1 saturated heterocycles. The molecule has 1 heteroatoms. The molecular weight excluding hydrogens is 194 g/mol. The third kappa shape index (κ3) is 2.65. The average Bonchev–Trinajstić information content (AvgIpc) is 2.78. The summed E-state index contributed by atoms with van der Waals surface area (Å²) in [5.41, 5.74) is 1.45. The Morgan fingerprint density at radius 2 is 2.12 bits per heavy atom. The van der Waals surface area contributed by atoms with Crippen LogP contribution in [0.25, 0.3) is 0 Å². The van der Waals surface area contributed by atoms with Crippen LogP contribution in [0.1, 0.15) is 38.3 Å². The first kappa shape index (κ1) is 11.7. The van der Waals surface area contributed by atoms with Gasteiger partial charge in [0.25, 0.3) is 0 Å². The second-order valence-corrected chi connectivity index (χ2v) is 4.88. The maximum absolute atomic E-state index is 2.61. The van der Waals surface area contributed by atoms with Crippen LogP contribution in [0, 0.1) is 12.3 Å². The molecule has 1 nitrogen and oxygen atoms in total. The monoisotopic (exact) mass is 216 g/mol. The molecule has 0 bridgehead atoms. The number of rotatable bonds is 4. The summed E-state index contributed by atoms with van der Waals surface area (Å²) in [4.78, 5) is 2.61. The number of benzene rings is 1. The molecule has 0 radical (unpaired) electrons. The number of nitrogens with zero attached hydrogens (tertiary/aromatic N) is 1. The van der Waals surface area contributed by atoms with E-state index in [9.17, 15) is 0 Å². The second kappa shape index (κ2) is 5.49. The lowest BCUT2D eigenvalue weighted by molar-refractivity contribution is 0.252. The van der Waals surface area contributed by atoms with Gasteiger partial charge in [-0.1, -0.05) is 36.2 Å². The van der Waals surface area contributed by atoms with Gasteiger partial charge in [-0.2, -0.15) is 13.3 Å². The fraction of sp³-hybridized carbons (Fsp3) is 0.533. The Hall–Kier alpha value is -0.820. The topological polar surface area (TPSA) is 3.24 Å². The van der Waals surface area contributed by atoms with E-state index in [1.807, 2.05) is 0 Å². The Balaban J connectivity index is 1.94. The van der Waals surface area contributed by atoms with Gasteiger partial charge in [0.1, 0.15) is 0 Å². The molecule has 1 aromatic rings. The van der Waals surface area contributed by atoms with E-state index in [4.69, 9.17) is 0 Å². The van der Waals surface area contributed by atoms with Crippen LogP contribution in [0.5, 0.6) is 0 Å². The predicted molar refractivity (Wildman–Crippen MR) is 69.1 cm³/mol. The van der Waals surface area contributed by atoms with Crippen molar-refractivity contribution in [3.63, 3.8) is 0 Å². The van der Waals surface area contributed by atoms with Gasteiger partial charge >= 0.3 is 0 Å². The van der Waals surface area contributed by atoms with E-state index >= 15 is 0 Å². The van der Waals surface area contributed by atoms with Crippen molar-refractivity contribution in [1.82, 2.24) is 4.90 Å². The largest absolute Gasteiger partial charge is 0.331 e. The quantitative estimate of drug-likeness (QED) is 0.694. The molecule has 0 amide bonds. The first-order valence-electron chi connectivity index (χ1n) is 6.38. The van der Waals surface area contributed by atoms with Crippen molar-refractivity contribution < 1.29 is 0 Å². The second-order valence-electron chi connectivity index (χ2n) is 4.88. The van der Waals surface area contributed by atoms with Crippen LogP contribution in [-0.2, 0) is 0 Å². The zero-order valence-electron chi connectivity index (χ0n) is 10.4. The van der Waals surface area contributed by atoms with Gasteiger partial charge in [-0.3, -0.25) is 4.90 Å². The Kier molecular flexibility index (Phi) is 4.00. The molecule has 88 valence electrons. The molecule has 0 spiro atoms. The molecule has 16 heavy (non-hydrogen) atoms. The van der Waals surface area contributed by atoms with Gasteiger partial charge in [0.15, 0.2) is 0 Å². The highest BCUT2D eigenvalue weighted by Crippen LogP contribution is 2.28. The van der Waals surface area contributed by atoms with Gasteiger partial charge in [-0.15, -0.1) is 0 Å². The highest BCUT2D eigenvalue weighted by atomic mass is 15.2. The summed E-state index contributed by atoms with van der Waals surface area (Å²) in [7, 11) is 0. The zero-order chi connectivity index (χ0) is 11.4. The van der Waals surface area contributed by atoms with Crippen molar-refractivity contribution in [3.8, 4) is 0 Å². The number of hydrogen-bond acceptors (Lipinski definition) is 1. The maximum atomic E-state index is 2.61. The molecule has 1 aromatic carbocycles. The molecule has 2 rings (SSSR count). The van der Waals surface area contributed by atoms with E-state index in [-0.39, 0.29) is 0 Å². The minimum Gasteiger partial charge on any atom is -0.331 e. The van der Waals surface area contributed by atoms with Crippen LogP contribution in [0.2, 0.25) is 0 Å². The van der Waals surface area contributed by atoms with Crippen LogP contribution in [0.15, 0.2) is 30.3 Å². The summed E-state index contributed by atoms with van der Waals surface area (Å²) in [5.74, 6) is 0.885. The molecular formula is C15H22N-. The molecule has 1 heterocycles. The zero-order valence-corrected chi connectivity index (χ0v) is 10.4. The molecule has 1 aliphatic heterocycles. The highest BCUT2D eigenvalue weighted by molar-refractivity contribution is 5.18. The summed E-state index contributed by atoms with van der Waals surface area (Å²) in [6.45, 7) is 7.02. The summed E-state index contributed by atoms with van der Waals surface area (Å²) in [5, 5.41) is 0. The first-order valence-corrected chi connectivity index (χ1v) is 6.38. The van der Waals surface area contributed by atoms with Crippen LogP contribution in [0.4, 0.5) is 0 Å². The minimum atomic E-state index is 0.572.